The first kappa shape index (κ1) is 56.1. The van der Waals surface area contributed by atoms with Crippen LogP contribution in [0.3, 0.4) is 0 Å². The predicted molar refractivity (Wildman–Crippen MR) is 242 cm³/mol. The molecule has 0 amide bonds. The van der Waals surface area contributed by atoms with Crippen molar-refractivity contribution in [3.8, 4) is 0 Å². The quantitative estimate of drug-likeness (QED) is 0.0235. The number of phosphoric acid groups is 1. The highest BCUT2D eigenvalue weighted by molar-refractivity contribution is 7.47. The van der Waals surface area contributed by atoms with Gasteiger partial charge in [-0.15, -0.1) is 0 Å². The third-order valence-electron chi connectivity index (χ3n) is 9.07. The predicted octanol–water partition coefficient (Wildman–Crippen LogP) is 12.2. The van der Waals surface area contributed by atoms with Crippen LogP contribution >= 0.6 is 7.82 Å². The topological polar surface area (TPSA) is 149 Å². The van der Waals surface area contributed by atoms with Crippen molar-refractivity contribution in [3.05, 3.63) is 85.1 Å². The van der Waals surface area contributed by atoms with Crippen LogP contribution in [0.25, 0.3) is 0 Å². The monoisotopic (exact) mass is 849 g/mol. The van der Waals surface area contributed by atoms with Gasteiger partial charge in [-0.05, 0) is 70.6 Å². The summed E-state index contributed by atoms with van der Waals surface area (Å²) in [5, 5.41) is 18.3. The van der Waals surface area contributed by atoms with Gasteiger partial charge >= 0.3 is 19.8 Å². The van der Waals surface area contributed by atoms with Crippen LogP contribution in [-0.2, 0) is 32.7 Å². The molecule has 3 atom stereocenters. The molecule has 338 valence electrons. The lowest BCUT2D eigenvalue weighted by atomic mass is 10.1. The Balaban J connectivity index is 4.36. The molecule has 0 aromatic rings. The van der Waals surface area contributed by atoms with Crippen molar-refractivity contribution in [3.63, 3.8) is 0 Å². The summed E-state index contributed by atoms with van der Waals surface area (Å²) in [7, 11) is -4.65. The third kappa shape index (κ3) is 43.1. The maximum atomic E-state index is 12.5. The second-order valence-electron chi connectivity index (χ2n) is 14.7. The molecule has 0 aliphatic carbocycles. The molecule has 3 N–H and O–H groups in total. The van der Waals surface area contributed by atoms with Crippen LogP contribution in [0.1, 0.15) is 168 Å². The first-order chi connectivity index (χ1) is 28.7. The molecule has 0 aromatic heterocycles. The molecule has 0 aliphatic rings. The minimum Gasteiger partial charge on any atom is -0.462 e. The fourth-order valence-corrected chi connectivity index (χ4v) is 6.42. The van der Waals surface area contributed by atoms with Crippen LogP contribution in [0.4, 0.5) is 0 Å². The molecule has 0 aliphatic heterocycles. The number of rotatable bonds is 41. The molecule has 0 bridgehead atoms. The summed E-state index contributed by atoms with van der Waals surface area (Å²) in [5.74, 6) is -1.08. The van der Waals surface area contributed by atoms with E-state index in [2.05, 4.69) is 79.1 Å². The van der Waals surface area contributed by atoms with Crippen molar-refractivity contribution >= 4 is 19.8 Å². The number of hydrogen-bond donors (Lipinski definition) is 3. The molecule has 3 unspecified atom stereocenters. The Morgan fingerprint density at radius 3 is 1.49 bits per heavy atom. The fraction of sp³-hybridized carbons (Fsp3) is 0.667. The van der Waals surface area contributed by atoms with E-state index < -0.39 is 51.8 Å². The van der Waals surface area contributed by atoms with Crippen LogP contribution in [0.5, 0.6) is 0 Å². The molecular weight excluding hydrogens is 767 g/mol. The van der Waals surface area contributed by atoms with Gasteiger partial charge in [0.25, 0.3) is 0 Å². The SMILES string of the molecule is CC/C=C\C/C=C\C/C=C\C/C=C\C/C=C\CC(=O)OC(COC(=O)CCCCCCCCCCC/C=C\C/C=C\CCCCCCC)COP(=O)(O)OCC(O)CO. The van der Waals surface area contributed by atoms with Gasteiger partial charge in [-0.25, -0.2) is 4.57 Å². The average molecular weight is 849 g/mol. The maximum absolute atomic E-state index is 12.5. The summed E-state index contributed by atoms with van der Waals surface area (Å²) in [6.07, 6.45) is 51.5. The maximum Gasteiger partial charge on any atom is 0.472 e. The summed E-state index contributed by atoms with van der Waals surface area (Å²) in [5.41, 5.74) is 0. The van der Waals surface area contributed by atoms with Gasteiger partial charge in [0, 0.05) is 6.42 Å². The van der Waals surface area contributed by atoms with Crippen molar-refractivity contribution in [2.24, 2.45) is 0 Å². The molecule has 0 heterocycles. The van der Waals surface area contributed by atoms with E-state index in [0.717, 1.165) is 57.8 Å². The van der Waals surface area contributed by atoms with Crippen LogP contribution in [0.15, 0.2) is 85.1 Å². The van der Waals surface area contributed by atoms with E-state index in [0.29, 0.717) is 12.8 Å². The Labute approximate surface area is 358 Å². The van der Waals surface area contributed by atoms with E-state index in [9.17, 15) is 24.2 Å². The lowest BCUT2D eigenvalue weighted by Crippen LogP contribution is -2.29. The van der Waals surface area contributed by atoms with Gasteiger partial charge in [0.15, 0.2) is 6.10 Å². The molecule has 0 radical (unpaired) electrons. The summed E-state index contributed by atoms with van der Waals surface area (Å²) in [6.45, 7) is 2.13. The van der Waals surface area contributed by atoms with E-state index in [1.54, 1.807) is 6.08 Å². The zero-order valence-electron chi connectivity index (χ0n) is 36.7. The highest BCUT2D eigenvalue weighted by Crippen LogP contribution is 2.43. The largest absolute Gasteiger partial charge is 0.472 e. The number of unbranched alkanes of at least 4 members (excludes halogenated alkanes) is 14. The highest BCUT2D eigenvalue weighted by Gasteiger charge is 2.27. The van der Waals surface area contributed by atoms with Gasteiger partial charge in [0.05, 0.1) is 26.2 Å². The van der Waals surface area contributed by atoms with Crippen molar-refractivity contribution in [2.45, 2.75) is 180 Å². The highest BCUT2D eigenvalue weighted by atomic mass is 31.2. The van der Waals surface area contributed by atoms with Crippen molar-refractivity contribution in [1.29, 1.82) is 0 Å². The summed E-state index contributed by atoms with van der Waals surface area (Å²) >= 11 is 0. The number of phosphoric ester groups is 1. The normalized spacial score (nSPS) is 14.6. The Morgan fingerprint density at radius 2 is 0.983 bits per heavy atom. The summed E-state index contributed by atoms with van der Waals surface area (Å²) < 4.78 is 32.6. The zero-order valence-corrected chi connectivity index (χ0v) is 37.6. The molecule has 11 heteroatoms. The van der Waals surface area contributed by atoms with E-state index in [4.69, 9.17) is 19.1 Å². The second-order valence-corrected chi connectivity index (χ2v) is 16.2. The molecule has 0 aromatic carbocycles. The van der Waals surface area contributed by atoms with Gasteiger partial charge in [-0.2, -0.15) is 0 Å². The Kier molecular flexibility index (Phi) is 41.2. The standard InChI is InChI=1S/C48H81O10P/c1-3-5-7-9-11-13-15-17-19-20-21-22-23-24-26-27-29-31-33-35-37-39-47(51)55-43-46(44-57-59(53,54)56-42-45(50)41-49)58-48(52)40-38-36-34-32-30-28-25-18-16-14-12-10-8-6-4-2/h6,8,12,14-15,17-18,20-21,25,30,32,36,38,45-46,49-50H,3-5,7,9-11,13,16,19,22-24,26-29,31,33-35,37,39-44H2,1-2H3,(H,53,54)/b8-6-,14-12-,17-15-,21-20-,25-18-,32-30-,38-36-. The van der Waals surface area contributed by atoms with Crippen LogP contribution in [0, 0.1) is 0 Å². The first-order valence-corrected chi connectivity index (χ1v) is 24.0. The smallest absolute Gasteiger partial charge is 0.462 e. The zero-order chi connectivity index (χ0) is 43.3. The lowest BCUT2D eigenvalue weighted by Gasteiger charge is -2.20. The van der Waals surface area contributed by atoms with Gasteiger partial charge in [-0.1, -0.05) is 170 Å². The molecule has 0 rings (SSSR count). The lowest BCUT2D eigenvalue weighted by molar-refractivity contribution is -0.160. The number of hydrogen-bond acceptors (Lipinski definition) is 9. The Bertz CT molecular complexity index is 1250. The number of carbonyl (C=O) groups is 2. The van der Waals surface area contributed by atoms with E-state index in [1.807, 2.05) is 18.2 Å². The number of allylic oxidation sites excluding steroid dienone is 13. The average Bonchev–Trinajstić information content (AvgIpc) is 3.22. The van der Waals surface area contributed by atoms with E-state index >= 15 is 0 Å². The third-order valence-corrected chi connectivity index (χ3v) is 10.0. The van der Waals surface area contributed by atoms with Crippen molar-refractivity contribution in [1.82, 2.24) is 0 Å². The van der Waals surface area contributed by atoms with E-state index in [-0.39, 0.29) is 19.4 Å². The molecular formula is C48H81O10P. The minimum atomic E-state index is -4.65. The van der Waals surface area contributed by atoms with E-state index in [1.165, 1.54) is 70.6 Å². The van der Waals surface area contributed by atoms with Crippen molar-refractivity contribution in [2.75, 3.05) is 26.4 Å². The molecule has 0 fully saturated rings. The van der Waals surface area contributed by atoms with Crippen LogP contribution in [-0.4, -0.2) is 65.7 Å². The minimum absolute atomic E-state index is 0.0528. The molecule has 0 saturated heterocycles. The van der Waals surface area contributed by atoms with Crippen LogP contribution < -0.4 is 0 Å². The van der Waals surface area contributed by atoms with Crippen molar-refractivity contribution < 1.29 is 47.8 Å². The molecule has 0 saturated carbocycles. The number of esters is 2. The van der Waals surface area contributed by atoms with Crippen LogP contribution in [0.2, 0.25) is 0 Å². The number of aliphatic hydroxyl groups excluding tert-OH is 2. The van der Waals surface area contributed by atoms with Gasteiger partial charge < -0.3 is 24.6 Å². The molecule has 0 spiro atoms. The Hall–Kier alpha value is -2.85. The molecule has 59 heavy (non-hydrogen) atoms. The van der Waals surface area contributed by atoms with Gasteiger partial charge in [-0.3, -0.25) is 18.6 Å². The number of carbonyl (C=O) groups excluding carboxylic acids is 2. The summed E-state index contributed by atoms with van der Waals surface area (Å²) in [6, 6.07) is 0. The Morgan fingerprint density at radius 1 is 0.542 bits per heavy atom. The second kappa shape index (κ2) is 43.2. The number of ether oxygens (including phenoxy) is 2. The fourth-order valence-electron chi connectivity index (χ4n) is 5.63. The molecule has 10 nitrogen and oxygen atoms in total. The summed E-state index contributed by atoms with van der Waals surface area (Å²) in [4.78, 5) is 35.0. The van der Waals surface area contributed by atoms with Gasteiger partial charge in [0.1, 0.15) is 12.7 Å². The first-order valence-electron chi connectivity index (χ1n) is 22.5. The number of aliphatic hydroxyl groups is 2. The van der Waals surface area contributed by atoms with Gasteiger partial charge in [0.2, 0.25) is 0 Å².